The molecule has 0 spiro atoms. The van der Waals surface area contributed by atoms with Crippen molar-refractivity contribution in [3.05, 3.63) is 88.7 Å². The fraction of sp³-hybridized carbons (Fsp3) is 0.388. The number of nitrogens with two attached hydrogens (primary N) is 1. The summed E-state index contributed by atoms with van der Waals surface area (Å²) in [5, 5.41) is 11.1. The zero-order valence-corrected chi connectivity index (χ0v) is 31.7. The van der Waals surface area contributed by atoms with Crippen LogP contribution in [-0.4, -0.2) is 9.38 Å². The monoisotopic (exact) mass is 699 g/mol. The Hall–Kier alpha value is -4.88. The van der Waals surface area contributed by atoms with Crippen molar-refractivity contribution in [2.45, 2.75) is 117 Å². The summed E-state index contributed by atoms with van der Waals surface area (Å²) in [6.07, 6.45) is 20.7. The minimum atomic E-state index is -0.0593. The highest BCUT2D eigenvalue weighted by molar-refractivity contribution is 6.37. The average molecular weight is 700 g/mol. The lowest BCUT2D eigenvalue weighted by molar-refractivity contribution is 0.474. The lowest BCUT2D eigenvalue weighted by atomic mass is 9.88. The molecular weight excluding hydrogens is 647 g/mol. The molecule has 0 radical (unpaired) electrons. The van der Waals surface area contributed by atoms with E-state index >= 15 is 0 Å². The first-order valence-corrected chi connectivity index (χ1v) is 20.6. The van der Waals surface area contributed by atoms with E-state index in [2.05, 4.69) is 80.3 Å². The summed E-state index contributed by atoms with van der Waals surface area (Å²) in [6.45, 7) is 4.56. The zero-order valence-electron chi connectivity index (χ0n) is 31.7. The summed E-state index contributed by atoms with van der Waals surface area (Å²) >= 11 is 0. The average Bonchev–Trinajstić information content (AvgIpc) is 3.57. The van der Waals surface area contributed by atoms with Crippen molar-refractivity contribution in [1.29, 1.82) is 0 Å². The molecular formula is C49H53N3O. The number of hydrogen-bond donors (Lipinski definition) is 1. The van der Waals surface area contributed by atoms with E-state index in [0.717, 1.165) is 40.1 Å². The minimum Gasteiger partial charge on any atom is -0.397 e. The molecule has 8 rings (SSSR count). The normalized spacial score (nSPS) is 12.7. The van der Waals surface area contributed by atoms with Crippen molar-refractivity contribution in [2.75, 3.05) is 5.73 Å². The number of nitrogens with zero attached hydrogens (tertiary/aromatic N) is 2. The Morgan fingerprint density at radius 2 is 1.15 bits per heavy atom. The number of benzene rings is 6. The molecule has 0 amide bonds. The number of unbranched alkanes of at least 4 members (excludes halogenated alkanes) is 12. The summed E-state index contributed by atoms with van der Waals surface area (Å²) in [7, 11) is 0. The van der Waals surface area contributed by atoms with Crippen LogP contribution >= 0.6 is 0 Å². The molecule has 0 fully saturated rings. The van der Waals surface area contributed by atoms with E-state index in [1.165, 1.54) is 122 Å². The van der Waals surface area contributed by atoms with E-state index in [0.29, 0.717) is 28.2 Å². The van der Waals surface area contributed by atoms with E-state index in [4.69, 9.17) is 10.7 Å². The standard InChI is InChI=1S/C49H53N3O/c1-3-5-7-9-11-12-14-16-20-33(19-15-13-10-8-6-4-2)25-26-34-31-42(50)47-43(32-34)52-48(51-47)40-29-27-38-36-23-17-21-35-22-18-24-37(44(35)36)39-28-30-41(49(52)53)46(40)45(38)39/h17-18,21-24,27-33H,3-16,19-20,50H2,1-2H3. The van der Waals surface area contributed by atoms with Crippen molar-refractivity contribution < 1.29 is 0 Å². The van der Waals surface area contributed by atoms with Gasteiger partial charge in [-0.25, -0.2) is 4.98 Å². The molecule has 4 heteroatoms. The van der Waals surface area contributed by atoms with Gasteiger partial charge in [0.05, 0.1) is 11.2 Å². The number of pyridine rings is 1. The highest BCUT2D eigenvalue weighted by Gasteiger charge is 2.21. The number of fused-ring (bicyclic) bond motifs is 6. The van der Waals surface area contributed by atoms with E-state index in [9.17, 15) is 4.79 Å². The predicted octanol–water partition coefficient (Wildman–Crippen LogP) is 13.3. The molecule has 0 bridgehead atoms. The van der Waals surface area contributed by atoms with Gasteiger partial charge in [0, 0.05) is 27.6 Å². The molecule has 0 aliphatic carbocycles. The number of hydrogen-bond acceptors (Lipinski definition) is 3. The Kier molecular flexibility index (Phi) is 10.4. The van der Waals surface area contributed by atoms with E-state index in [-0.39, 0.29) is 5.56 Å². The number of anilines is 1. The topological polar surface area (TPSA) is 60.4 Å². The molecule has 1 atom stereocenters. The maximum Gasteiger partial charge on any atom is 0.264 e. The van der Waals surface area contributed by atoms with Gasteiger partial charge in [0.2, 0.25) is 0 Å². The Balaban J connectivity index is 1.15. The Morgan fingerprint density at radius 1 is 0.623 bits per heavy atom. The minimum absolute atomic E-state index is 0.0593. The molecule has 0 saturated heterocycles. The van der Waals surface area contributed by atoms with Gasteiger partial charge in [-0.2, -0.15) is 0 Å². The third kappa shape index (κ3) is 6.65. The molecule has 0 aliphatic rings. The van der Waals surface area contributed by atoms with Gasteiger partial charge in [-0.3, -0.25) is 9.20 Å². The first-order chi connectivity index (χ1) is 26.1. The van der Waals surface area contributed by atoms with Crippen LogP contribution in [0.25, 0.3) is 70.5 Å². The molecule has 2 N–H and O–H groups in total. The van der Waals surface area contributed by atoms with Crippen molar-refractivity contribution in [2.24, 2.45) is 5.92 Å². The molecule has 6 aromatic carbocycles. The van der Waals surface area contributed by atoms with Gasteiger partial charge in [-0.15, -0.1) is 0 Å². The lowest BCUT2D eigenvalue weighted by Gasteiger charge is -2.16. The summed E-state index contributed by atoms with van der Waals surface area (Å²) in [4.78, 5) is 19.6. The first kappa shape index (κ1) is 35.2. The highest BCUT2D eigenvalue weighted by atomic mass is 16.1. The fourth-order valence-electron chi connectivity index (χ4n) is 9.05. The van der Waals surface area contributed by atoms with Crippen LogP contribution in [-0.2, 0) is 0 Å². The van der Waals surface area contributed by atoms with Crippen molar-refractivity contribution >= 4 is 76.2 Å². The van der Waals surface area contributed by atoms with Gasteiger partial charge < -0.3 is 5.73 Å². The Bertz CT molecular complexity index is 2610. The smallest absolute Gasteiger partial charge is 0.264 e. The highest BCUT2D eigenvalue weighted by Crippen LogP contribution is 2.43. The first-order valence-electron chi connectivity index (χ1n) is 20.6. The number of imidazole rings is 1. The van der Waals surface area contributed by atoms with E-state index < -0.39 is 0 Å². The van der Waals surface area contributed by atoms with Gasteiger partial charge in [0.25, 0.3) is 5.56 Å². The molecule has 270 valence electrons. The molecule has 0 saturated carbocycles. The van der Waals surface area contributed by atoms with Crippen LogP contribution in [0.1, 0.15) is 122 Å². The van der Waals surface area contributed by atoms with Gasteiger partial charge >= 0.3 is 0 Å². The van der Waals surface area contributed by atoms with Crippen molar-refractivity contribution in [3.8, 4) is 11.8 Å². The molecule has 2 aromatic heterocycles. The summed E-state index contributed by atoms with van der Waals surface area (Å²) in [5.74, 6) is 7.59. The largest absolute Gasteiger partial charge is 0.397 e. The molecule has 8 aromatic rings. The third-order valence-electron chi connectivity index (χ3n) is 11.8. The van der Waals surface area contributed by atoms with Gasteiger partial charge in [-0.05, 0) is 74.8 Å². The van der Waals surface area contributed by atoms with Gasteiger partial charge in [0.1, 0.15) is 11.2 Å². The predicted molar refractivity (Wildman–Crippen MR) is 229 cm³/mol. The van der Waals surface area contributed by atoms with Crippen molar-refractivity contribution in [3.63, 3.8) is 0 Å². The second kappa shape index (κ2) is 15.6. The molecule has 4 nitrogen and oxygen atoms in total. The zero-order chi connectivity index (χ0) is 36.3. The number of nitrogen functional groups attached to an aromatic ring is 1. The Labute approximate surface area is 313 Å². The molecule has 0 aliphatic heterocycles. The maximum atomic E-state index is 14.5. The molecule has 2 heterocycles. The van der Waals surface area contributed by atoms with Crippen molar-refractivity contribution in [1.82, 2.24) is 9.38 Å². The second-order valence-corrected chi connectivity index (χ2v) is 15.6. The van der Waals surface area contributed by atoms with Crippen LogP contribution in [0.3, 0.4) is 0 Å². The quantitative estimate of drug-likeness (QED) is 0.0359. The van der Waals surface area contributed by atoms with Crippen LogP contribution < -0.4 is 11.3 Å². The van der Waals surface area contributed by atoms with Crippen LogP contribution in [0.15, 0.2) is 77.6 Å². The van der Waals surface area contributed by atoms with Gasteiger partial charge in [-0.1, -0.05) is 164 Å². The number of rotatable bonds is 16. The second-order valence-electron chi connectivity index (χ2n) is 15.6. The van der Waals surface area contributed by atoms with E-state index in [1.54, 1.807) is 4.40 Å². The van der Waals surface area contributed by atoms with Crippen LogP contribution in [0.4, 0.5) is 5.69 Å². The fourth-order valence-corrected chi connectivity index (χ4v) is 9.05. The molecule has 1 unspecified atom stereocenters. The SMILES string of the molecule is CCCCCCCCCCC(C#Cc1cc(N)c2nc3c4ccc5c6cccc7cccc(c8ccc(c(=O)n3c2c1)c4c85)c76)CCCCCCCC. The van der Waals surface area contributed by atoms with Crippen LogP contribution in [0.2, 0.25) is 0 Å². The third-order valence-corrected chi connectivity index (χ3v) is 11.8. The number of aromatic nitrogens is 2. The summed E-state index contributed by atoms with van der Waals surface area (Å²) < 4.78 is 1.78. The Morgan fingerprint density at radius 3 is 1.77 bits per heavy atom. The van der Waals surface area contributed by atoms with Crippen LogP contribution in [0, 0.1) is 17.8 Å². The summed E-state index contributed by atoms with van der Waals surface area (Å²) in [5.41, 5.74) is 10.2. The maximum absolute atomic E-state index is 14.5. The summed E-state index contributed by atoms with van der Waals surface area (Å²) in [6, 6.07) is 25.5. The lowest BCUT2D eigenvalue weighted by Crippen LogP contribution is -2.13. The molecule has 53 heavy (non-hydrogen) atoms. The van der Waals surface area contributed by atoms with Gasteiger partial charge in [0.15, 0.2) is 0 Å². The van der Waals surface area contributed by atoms with E-state index in [1.807, 2.05) is 18.2 Å². The van der Waals surface area contributed by atoms with Crippen LogP contribution in [0.5, 0.6) is 0 Å².